The predicted octanol–water partition coefficient (Wildman–Crippen LogP) is 0.491. The van der Waals surface area contributed by atoms with Gasteiger partial charge in [-0.3, -0.25) is 4.79 Å². The highest BCUT2D eigenvalue weighted by atomic mass is 16.4. The summed E-state index contributed by atoms with van der Waals surface area (Å²) in [6.07, 6.45) is 0.563. The molecular formula is C11H23N3O3. The highest BCUT2D eigenvalue weighted by Gasteiger charge is 2.13. The molecule has 0 bridgehead atoms. The number of likely N-dealkylation sites (N-methyl/N-ethyl adjacent to an activating group) is 1. The molecule has 6 nitrogen and oxygen atoms in total. The Balaban J connectivity index is 3.79. The standard InChI is InChI=1S/C11H23N3O3/c1-4-9(8-10(15)16)13-11(17)12-6-7-14(3)5-2/h9H,4-8H2,1-3H3,(H,15,16)(H2,12,13,17). The summed E-state index contributed by atoms with van der Waals surface area (Å²) in [4.78, 5) is 24.0. The van der Waals surface area contributed by atoms with E-state index in [1.54, 1.807) is 0 Å². The van der Waals surface area contributed by atoms with E-state index < -0.39 is 5.97 Å². The van der Waals surface area contributed by atoms with Gasteiger partial charge in [0.05, 0.1) is 6.42 Å². The Bertz CT molecular complexity index is 246. The first-order valence-electron chi connectivity index (χ1n) is 5.94. The number of urea groups is 1. The Morgan fingerprint density at radius 3 is 2.47 bits per heavy atom. The number of rotatable bonds is 8. The van der Waals surface area contributed by atoms with E-state index in [4.69, 9.17) is 5.11 Å². The first kappa shape index (κ1) is 15.7. The van der Waals surface area contributed by atoms with Crippen molar-refractivity contribution in [3.63, 3.8) is 0 Å². The Hall–Kier alpha value is -1.30. The van der Waals surface area contributed by atoms with Gasteiger partial charge in [0.15, 0.2) is 0 Å². The van der Waals surface area contributed by atoms with Crippen molar-refractivity contribution in [3.05, 3.63) is 0 Å². The van der Waals surface area contributed by atoms with E-state index in [9.17, 15) is 9.59 Å². The van der Waals surface area contributed by atoms with Gasteiger partial charge in [0.2, 0.25) is 0 Å². The normalized spacial score (nSPS) is 12.2. The molecule has 0 rings (SSSR count). The molecule has 100 valence electrons. The molecular weight excluding hydrogens is 222 g/mol. The Kier molecular flexibility index (Phi) is 8.13. The summed E-state index contributed by atoms with van der Waals surface area (Å²) in [6, 6.07) is -0.612. The van der Waals surface area contributed by atoms with Gasteiger partial charge in [0, 0.05) is 19.1 Å². The van der Waals surface area contributed by atoms with Gasteiger partial charge in [-0.05, 0) is 20.0 Å². The average Bonchev–Trinajstić information content (AvgIpc) is 2.27. The zero-order valence-corrected chi connectivity index (χ0v) is 10.8. The molecule has 0 aliphatic rings. The van der Waals surface area contributed by atoms with Gasteiger partial charge < -0.3 is 20.6 Å². The second-order valence-electron chi connectivity index (χ2n) is 4.00. The summed E-state index contributed by atoms with van der Waals surface area (Å²) in [5, 5.41) is 14.0. The molecule has 0 radical (unpaired) electrons. The molecule has 17 heavy (non-hydrogen) atoms. The summed E-state index contributed by atoms with van der Waals surface area (Å²) < 4.78 is 0. The van der Waals surface area contributed by atoms with Crippen LogP contribution in [-0.2, 0) is 4.79 Å². The number of hydrogen-bond donors (Lipinski definition) is 3. The van der Waals surface area contributed by atoms with E-state index in [1.165, 1.54) is 0 Å². The third kappa shape index (κ3) is 8.50. The molecule has 0 aromatic carbocycles. The van der Waals surface area contributed by atoms with Crippen LogP contribution in [0.1, 0.15) is 26.7 Å². The third-order valence-corrected chi connectivity index (χ3v) is 2.57. The van der Waals surface area contributed by atoms with Crippen molar-refractivity contribution in [3.8, 4) is 0 Å². The fraction of sp³-hybridized carbons (Fsp3) is 0.818. The van der Waals surface area contributed by atoms with E-state index in [1.807, 2.05) is 20.9 Å². The minimum Gasteiger partial charge on any atom is -0.481 e. The lowest BCUT2D eigenvalue weighted by Gasteiger charge is -2.17. The highest BCUT2D eigenvalue weighted by Crippen LogP contribution is 1.96. The second kappa shape index (κ2) is 8.81. The first-order chi connectivity index (χ1) is 7.99. The number of carbonyl (C=O) groups is 2. The molecule has 1 unspecified atom stereocenters. The summed E-state index contributed by atoms with van der Waals surface area (Å²) in [7, 11) is 1.97. The summed E-state index contributed by atoms with van der Waals surface area (Å²) >= 11 is 0. The van der Waals surface area contributed by atoms with Gasteiger partial charge in [-0.25, -0.2) is 4.79 Å². The summed E-state index contributed by atoms with van der Waals surface area (Å²) in [6.45, 7) is 6.15. The number of carbonyl (C=O) groups excluding carboxylic acids is 1. The van der Waals surface area contributed by atoms with Crippen molar-refractivity contribution in [1.29, 1.82) is 0 Å². The molecule has 0 aromatic rings. The molecule has 6 heteroatoms. The van der Waals surface area contributed by atoms with E-state index in [0.717, 1.165) is 13.1 Å². The fourth-order valence-electron chi connectivity index (χ4n) is 1.26. The number of aliphatic carboxylic acids is 1. The van der Waals surface area contributed by atoms with Crippen molar-refractivity contribution in [2.24, 2.45) is 0 Å². The summed E-state index contributed by atoms with van der Waals surface area (Å²) in [5.74, 6) is -0.900. The quantitative estimate of drug-likeness (QED) is 0.581. The van der Waals surface area contributed by atoms with Crippen LogP contribution in [0.25, 0.3) is 0 Å². The lowest BCUT2D eigenvalue weighted by Crippen LogP contribution is -2.44. The van der Waals surface area contributed by atoms with E-state index in [-0.39, 0.29) is 18.5 Å². The van der Waals surface area contributed by atoms with Crippen LogP contribution < -0.4 is 10.6 Å². The average molecular weight is 245 g/mol. The van der Waals surface area contributed by atoms with Crippen molar-refractivity contribution in [2.45, 2.75) is 32.7 Å². The van der Waals surface area contributed by atoms with Crippen molar-refractivity contribution < 1.29 is 14.7 Å². The minimum absolute atomic E-state index is 0.0429. The monoisotopic (exact) mass is 245 g/mol. The third-order valence-electron chi connectivity index (χ3n) is 2.57. The van der Waals surface area contributed by atoms with E-state index in [0.29, 0.717) is 13.0 Å². The number of carboxylic acid groups (broad SMARTS) is 1. The maximum atomic E-state index is 11.4. The van der Waals surface area contributed by atoms with E-state index >= 15 is 0 Å². The van der Waals surface area contributed by atoms with Crippen LogP contribution in [0.2, 0.25) is 0 Å². The van der Waals surface area contributed by atoms with Crippen molar-refractivity contribution >= 4 is 12.0 Å². The van der Waals surface area contributed by atoms with Gasteiger partial charge in [0.25, 0.3) is 0 Å². The fourth-order valence-corrected chi connectivity index (χ4v) is 1.26. The van der Waals surface area contributed by atoms with Crippen molar-refractivity contribution in [1.82, 2.24) is 15.5 Å². The van der Waals surface area contributed by atoms with Crippen LogP contribution in [0.3, 0.4) is 0 Å². The molecule has 0 aliphatic carbocycles. The number of nitrogens with zero attached hydrogens (tertiary/aromatic N) is 1. The van der Waals surface area contributed by atoms with Gasteiger partial charge in [0.1, 0.15) is 0 Å². The number of amides is 2. The lowest BCUT2D eigenvalue weighted by atomic mass is 10.1. The molecule has 0 aromatic heterocycles. The maximum Gasteiger partial charge on any atom is 0.315 e. The highest BCUT2D eigenvalue weighted by molar-refractivity contribution is 5.75. The second-order valence-corrected chi connectivity index (χ2v) is 4.00. The molecule has 0 heterocycles. The lowest BCUT2D eigenvalue weighted by molar-refractivity contribution is -0.137. The number of nitrogens with one attached hydrogen (secondary N) is 2. The predicted molar refractivity (Wildman–Crippen MR) is 66.0 cm³/mol. The molecule has 0 spiro atoms. The smallest absolute Gasteiger partial charge is 0.315 e. The first-order valence-corrected chi connectivity index (χ1v) is 5.94. The van der Waals surface area contributed by atoms with E-state index in [2.05, 4.69) is 15.5 Å². The van der Waals surface area contributed by atoms with Gasteiger partial charge in [-0.1, -0.05) is 13.8 Å². The van der Waals surface area contributed by atoms with Crippen LogP contribution >= 0.6 is 0 Å². The van der Waals surface area contributed by atoms with Gasteiger partial charge in [-0.15, -0.1) is 0 Å². The Morgan fingerprint density at radius 1 is 1.35 bits per heavy atom. The van der Waals surface area contributed by atoms with Gasteiger partial charge >= 0.3 is 12.0 Å². The molecule has 1 atom stereocenters. The molecule has 3 N–H and O–H groups in total. The number of carboxylic acids is 1. The maximum absolute atomic E-state index is 11.4. The zero-order valence-electron chi connectivity index (χ0n) is 10.8. The molecule has 0 aliphatic heterocycles. The molecule has 0 saturated heterocycles. The summed E-state index contributed by atoms with van der Waals surface area (Å²) in [5.41, 5.74) is 0. The SMILES string of the molecule is CCC(CC(=O)O)NC(=O)NCCN(C)CC. The topological polar surface area (TPSA) is 81.7 Å². The molecule has 2 amide bonds. The Morgan fingerprint density at radius 2 is 2.00 bits per heavy atom. The Labute approximate surface area is 102 Å². The molecule has 0 fully saturated rings. The van der Waals surface area contributed by atoms with Crippen molar-refractivity contribution in [2.75, 3.05) is 26.7 Å². The molecule has 0 saturated carbocycles. The van der Waals surface area contributed by atoms with Crippen LogP contribution in [-0.4, -0.2) is 54.7 Å². The van der Waals surface area contributed by atoms with Gasteiger partial charge in [-0.2, -0.15) is 0 Å². The van der Waals surface area contributed by atoms with Crippen LogP contribution in [0.5, 0.6) is 0 Å². The minimum atomic E-state index is -0.900. The van der Waals surface area contributed by atoms with Crippen LogP contribution in [0.15, 0.2) is 0 Å². The largest absolute Gasteiger partial charge is 0.481 e. The van der Waals surface area contributed by atoms with Crippen LogP contribution in [0, 0.1) is 0 Å². The zero-order chi connectivity index (χ0) is 13.3. The number of hydrogen-bond acceptors (Lipinski definition) is 3. The van der Waals surface area contributed by atoms with Crippen LogP contribution in [0.4, 0.5) is 4.79 Å².